The number of nitrogens with zero attached hydrogens (tertiary/aromatic N) is 1. The molecular weight excluding hydrogens is 180 g/mol. The van der Waals surface area contributed by atoms with Crippen molar-refractivity contribution >= 4 is 24.2 Å². The number of nitrogens with one attached hydrogen (secondary N) is 1. The first-order valence-electron chi connectivity index (χ1n) is 3.78. The second kappa shape index (κ2) is 5.83. The summed E-state index contributed by atoms with van der Waals surface area (Å²) in [5.74, 6) is 0.0822. The van der Waals surface area contributed by atoms with Gasteiger partial charge in [0.25, 0.3) is 0 Å². The first kappa shape index (κ1) is 11.2. The highest BCUT2D eigenvalue weighted by Gasteiger charge is 2.05. The predicted molar refractivity (Wildman–Crippen MR) is 49.0 cm³/mol. The lowest BCUT2D eigenvalue weighted by atomic mass is 10.2. The molecule has 0 aromatic carbocycles. The van der Waals surface area contributed by atoms with Crippen molar-refractivity contribution in [1.29, 1.82) is 0 Å². The van der Waals surface area contributed by atoms with E-state index in [1.54, 1.807) is 0 Å². The lowest BCUT2D eigenvalue weighted by molar-refractivity contribution is -0.136. The molecule has 12 heavy (non-hydrogen) atoms. The van der Waals surface area contributed by atoms with Crippen molar-refractivity contribution in [1.82, 2.24) is 5.32 Å². The fraction of sp³-hybridized carbons (Fsp3) is 0.714. The molecule has 4 nitrogen and oxygen atoms in total. The molecule has 0 unspecified atom stereocenters. The first-order valence-corrected chi connectivity index (χ1v) is 3.78. The second-order valence-electron chi connectivity index (χ2n) is 2.50. The number of carboxylic acids is 1. The minimum atomic E-state index is -0.764. The Morgan fingerprint density at radius 3 is 2.92 bits per heavy atom. The lowest BCUT2D eigenvalue weighted by Crippen LogP contribution is -2.29. The molecule has 5 heteroatoms. The van der Waals surface area contributed by atoms with E-state index >= 15 is 0 Å². The summed E-state index contributed by atoms with van der Waals surface area (Å²) >= 11 is 0. The summed E-state index contributed by atoms with van der Waals surface area (Å²) < 4.78 is 0. The maximum atomic E-state index is 10.2. The van der Waals surface area contributed by atoms with Gasteiger partial charge in [0, 0.05) is 19.5 Å². The highest BCUT2D eigenvalue weighted by atomic mass is 35.5. The quantitative estimate of drug-likeness (QED) is 0.691. The minimum absolute atomic E-state index is 0. The van der Waals surface area contributed by atoms with Gasteiger partial charge in [0.1, 0.15) is 0 Å². The molecule has 0 atom stereocenters. The largest absolute Gasteiger partial charge is 0.481 e. The van der Waals surface area contributed by atoms with Crippen LogP contribution in [0.3, 0.4) is 0 Å². The van der Waals surface area contributed by atoms with Gasteiger partial charge in [-0.25, -0.2) is 0 Å². The lowest BCUT2D eigenvalue weighted by Gasteiger charge is -2.12. The Bertz CT molecular complexity index is 182. The summed E-state index contributed by atoms with van der Waals surface area (Å²) in [4.78, 5) is 14.3. The van der Waals surface area contributed by atoms with Crippen LogP contribution in [0, 0.1) is 0 Å². The minimum Gasteiger partial charge on any atom is -0.481 e. The van der Waals surface area contributed by atoms with Gasteiger partial charge in [-0.1, -0.05) is 0 Å². The number of amidine groups is 1. The number of aliphatic imine (C=N–C) groups is 1. The predicted octanol–water partition coefficient (Wildman–Crippen LogP) is 0.665. The summed E-state index contributed by atoms with van der Waals surface area (Å²) in [5.41, 5.74) is 0. The number of halogens is 1. The van der Waals surface area contributed by atoms with Gasteiger partial charge in [0.15, 0.2) is 0 Å². The molecule has 0 saturated heterocycles. The van der Waals surface area contributed by atoms with Gasteiger partial charge in [-0.05, 0) is 6.42 Å². The summed E-state index contributed by atoms with van der Waals surface area (Å²) in [7, 11) is 0. The van der Waals surface area contributed by atoms with Crippen molar-refractivity contribution in [2.45, 2.75) is 19.3 Å². The summed E-state index contributed by atoms with van der Waals surface area (Å²) in [6.07, 6.45) is 1.76. The van der Waals surface area contributed by atoms with Gasteiger partial charge in [0.05, 0.1) is 12.3 Å². The third-order valence-corrected chi connectivity index (χ3v) is 1.54. The summed E-state index contributed by atoms with van der Waals surface area (Å²) in [5, 5.41) is 11.4. The molecule has 0 aromatic rings. The molecule has 1 rings (SSSR count). The van der Waals surface area contributed by atoms with Crippen LogP contribution in [-0.4, -0.2) is 30.0 Å². The zero-order valence-corrected chi connectivity index (χ0v) is 7.56. The molecule has 0 radical (unpaired) electrons. The Labute approximate surface area is 77.5 Å². The maximum Gasteiger partial charge on any atom is 0.303 e. The fourth-order valence-electron chi connectivity index (χ4n) is 0.974. The van der Waals surface area contributed by atoms with Crippen LogP contribution >= 0.6 is 12.4 Å². The van der Waals surface area contributed by atoms with E-state index in [2.05, 4.69) is 10.3 Å². The second-order valence-corrected chi connectivity index (χ2v) is 2.50. The van der Waals surface area contributed by atoms with Gasteiger partial charge in [-0.15, -0.1) is 12.4 Å². The van der Waals surface area contributed by atoms with E-state index in [4.69, 9.17) is 5.11 Å². The van der Waals surface area contributed by atoms with Crippen LogP contribution in [0.2, 0.25) is 0 Å². The van der Waals surface area contributed by atoms with Gasteiger partial charge < -0.3 is 10.4 Å². The fourth-order valence-corrected chi connectivity index (χ4v) is 0.974. The highest BCUT2D eigenvalue weighted by Crippen LogP contribution is 1.96. The number of rotatable bonds is 3. The third kappa shape index (κ3) is 4.18. The number of carboxylic acid groups (broad SMARTS) is 1. The molecule has 0 bridgehead atoms. The Balaban J connectivity index is 0.00000121. The van der Waals surface area contributed by atoms with E-state index in [0.29, 0.717) is 6.42 Å². The molecule has 0 aromatic heterocycles. The standard InChI is InChI=1S/C7H12N2O2.ClH/c10-7(11)3-2-6-8-4-1-5-9-6;/h1-5H2,(H,8,9)(H,10,11);1H. The Kier molecular flexibility index (Phi) is 5.45. The molecule has 0 spiro atoms. The number of aliphatic carboxylic acids is 1. The first-order chi connectivity index (χ1) is 5.29. The van der Waals surface area contributed by atoms with Gasteiger partial charge in [-0.2, -0.15) is 0 Å². The zero-order valence-electron chi connectivity index (χ0n) is 6.75. The van der Waals surface area contributed by atoms with Crippen LogP contribution in [0.15, 0.2) is 4.99 Å². The molecule has 1 heterocycles. The van der Waals surface area contributed by atoms with Crippen molar-refractivity contribution < 1.29 is 9.90 Å². The average molecular weight is 193 g/mol. The van der Waals surface area contributed by atoms with Gasteiger partial charge in [0.2, 0.25) is 0 Å². The molecule has 2 N–H and O–H groups in total. The van der Waals surface area contributed by atoms with E-state index in [1.165, 1.54) is 0 Å². The van der Waals surface area contributed by atoms with Crippen LogP contribution < -0.4 is 5.32 Å². The van der Waals surface area contributed by atoms with Crippen molar-refractivity contribution in [2.24, 2.45) is 4.99 Å². The molecule has 0 saturated carbocycles. The smallest absolute Gasteiger partial charge is 0.303 e. The monoisotopic (exact) mass is 192 g/mol. The van der Waals surface area contributed by atoms with E-state index in [1.807, 2.05) is 0 Å². The summed E-state index contributed by atoms with van der Waals surface area (Å²) in [6.45, 7) is 1.76. The van der Waals surface area contributed by atoms with Crippen molar-refractivity contribution in [3.8, 4) is 0 Å². The summed E-state index contributed by atoms with van der Waals surface area (Å²) in [6, 6.07) is 0. The number of hydrogen-bond donors (Lipinski definition) is 2. The van der Waals surface area contributed by atoms with Crippen LogP contribution in [0.4, 0.5) is 0 Å². The van der Waals surface area contributed by atoms with E-state index < -0.39 is 5.97 Å². The molecule has 70 valence electrons. The SMILES string of the molecule is Cl.O=C(O)CCC1=NCCCN1. The van der Waals surface area contributed by atoms with Crippen LogP contribution in [-0.2, 0) is 4.79 Å². The van der Waals surface area contributed by atoms with Gasteiger partial charge >= 0.3 is 5.97 Å². The Morgan fingerprint density at radius 2 is 2.42 bits per heavy atom. The van der Waals surface area contributed by atoms with E-state index in [-0.39, 0.29) is 18.8 Å². The molecule has 1 aliphatic rings. The van der Waals surface area contributed by atoms with Crippen LogP contribution in [0.1, 0.15) is 19.3 Å². The number of carbonyl (C=O) groups is 1. The van der Waals surface area contributed by atoms with Crippen molar-refractivity contribution in [2.75, 3.05) is 13.1 Å². The van der Waals surface area contributed by atoms with Crippen molar-refractivity contribution in [3.05, 3.63) is 0 Å². The number of hydrogen-bond acceptors (Lipinski definition) is 3. The maximum absolute atomic E-state index is 10.2. The van der Waals surface area contributed by atoms with E-state index in [9.17, 15) is 4.79 Å². The molecule has 0 amide bonds. The van der Waals surface area contributed by atoms with Crippen molar-refractivity contribution in [3.63, 3.8) is 0 Å². The zero-order chi connectivity index (χ0) is 8.10. The Morgan fingerprint density at radius 1 is 1.67 bits per heavy atom. The topological polar surface area (TPSA) is 61.7 Å². The van der Waals surface area contributed by atoms with Gasteiger partial charge in [-0.3, -0.25) is 9.79 Å². The molecule has 0 fully saturated rings. The third-order valence-electron chi connectivity index (χ3n) is 1.54. The van der Waals surface area contributed by atoms with Crippen LogP contribution in [0.25, 0.3) is 0 Å². The molecular formula is C7H13ClN2O2. The van der Waals surface area contributed by atoms with E-state index in [0.717, 1.165) is 25.3 Å². The Hall–Kier alpha value is -0.770. The molecule has 1 aliphatic heterocycles. The van der Waals surface area contributed by atoms with Crippen LogP contribution in [0.5, 0.6) is 0 Å². The average Bonchev–Trinajstić information content (AvgIpc) is 2.03. The highest BCUT2D eigenvalue weighted by molar-refractivity contribution is 5.85. The normalized spacial score (nSPS) is 15.5. The molecule has 0 aliphatic carbocycles.